The first kappa shape index (κ1) is 15.3. The second-order valence-corrected chi connectivity index (χ2v) is 5.78. The molecule has 1 aliphatic rings. The zero-order chi connectivity index (χ0) is 16.4. The Morgan fingerprint density at radius 3 is 2.96 bits per heavy atom. The van der Waals surface area contributed by atoms with Gasteiger partial charge in [-0.3, -0.25) is 4.79 Å². The molecular formula is C15H18N4O4. The molecule has 23 heavy (non-hydrogen) atoms. The molecule has 0 radical (unpaired) electrons. The molecule has 3 amide bonds. The summed E-state index contributed by atoms with van der Waals surface area (Å²) in [4.78, 5) is 27.0. The SMILES string of the molecule is CC1(CNC(=O)Nc2ccc3oc(C(N)=O)nc3c2)CCCO1. The summed E-state index contributed by atoms with van der Waals surface area (Å²) in [6, 6.07) is 4.55. The number of oxazole rings is 1. The van der Waals surface area contributed by atoms with Crippen LogP contribution in [0.1, 0.15) is 30.5 Å². The van der Waals surface area contributed by atoms with E-state index >= 15 is 0 Å². The van der Waals surface area contributed by atoms with Crippen LogP contribution in [0.4, 0.5) is 10.5 Å². The predicted molar refractivity (Wildman–Crippen MR) is 83.1 cm³/mol. The van der Waals surface area contributed by atoms with Gasteiger partial charge in [0, 0.05) is 18.8 Å². The molecule has 2 aromatic rings. The molecule has 122 valence electrons. The number of nitrogens with zero attached hydrogens (tertiary/aromatic N) is 1. The van der Waals surface area contributed by atoms with Crippen molar-refractivity contribution in [3.63, 3.8) is 0 Å². The van der Waals surface area contributed by atoms with E-state index in [0.29, 0.717) is 23.3 Å². The smallest absolute Gasteiger partial charge is 0.319 e. The Morgan fingerprint density at radius 2 is 2.26 bits per heavy atom. The van der Waals surface area contributed by atoms with Gasteiger partial charge in [-0.2, -0.15) is 0 Å². The van der Waals surface area contributed by atoms with Crippen molar-refractivity contribution in [2.45, 2.75) is 25.4 Å². The topological polar surface area (TPSA) is 119 Å². The monoisotopic (exact) mass is 318 g/mol. The maximum atomic E-state index is 12.0. The van der Waals surface area contributed by atoms with Crippen molar-refractivity contribution in [3.05, 3.63) is 24.1 Å². The highest BCUT2D eigenvalue weighted by molar-refractivity contribution is 5.94. The molecule has 0 aliphatic carbocycles. The Balaban J connectivity index is 1.63. The van der Waals surface area contributed by atoms with E-state index in [1.807, 2.05) is 6.92 Å². The van der Waals surface area contributed by atoms with Gasteiger partial charge in [0.15, 0.2) is 5.58 Å². The second-order valence-electron chi connectivity index (χ2n) is 5.78. The summed E-state index contributed by atoms with van der Waals surface area (Å²) in [5, 5.41) is 5.50. The minimum atomic E-state index is -0.738. The predicted octanol–water partition coefficient (Wildman–Crippen LogP) is 1.62. The Morgan fingerprint density at radius 1 is 1.43 bits per heavy atom. The summed E-state index contributed by atoms with van der Waals surface area (Å²) >= 11 is 0. The fourth-order valence-electron chi connectivity index (χ4n) is 2.53. The number of urea groups is 1. The van der Waals surface area contributed by atoms with Crippen molar-refractivity contribution in [1.82, 2.24) is 10.3 Å². The first-order valence-corrected chi connectivity index (χ1v) is 7.34. The van der Waals surface area contributed by atoms with Crippen molar-refractivity contribution in [2.24, 2.45) is 5.73 Å². The second kappa shape index (κ2) is 5.88. The largest absolute Gasteiger partial charge is 0.432 e. The molecular weight excluding hydrogens is 300 g/mol. The first-order valence-electron chi connectivity index (χ1n) is 7.34. The Kier molecular flexibility index (Phi) is 3.91. The number of carbonyl (C=O) groups excluding carboxylic acids is 2. The van der Waals surface area contributed by atoms with Crippen molar-refractivity contribution >= 4 is 28.7 Å². The van der Waals surface area contributed by atoms with Crippen LogP contribution in [-0.2, 0) is 4.74 Å². The highest BCUT2D eigenvalue weighted by Gasteiger charge is 2.30. The van der Waals surface area contributed by atoms with Crippen LogP contribution in [0, 0.1) is 0 Å². The minimum absolute atomic E-state index is 0.159. The lowest BCUT2D eigenvalue weighted by Gasteiger charge is -2.23. The van der Waals surface area contributed by atoms with Crippen LogP contribution in [0.15, 0.2) is 22.6 Å². The van der Waals surface area contributed by atoms with Gasteiger partial charge in [-0.1, -0.05) is 0 Å². The number of anilines is 1. The van der Waals surface area contributed by atoms with Gasteiger partial charge in [0.2, 0.25) is 0 Å². The molecule has 8 nitrogen and oxygen atoms in total. The van der Waals surface area contributed by atoms with Gasteiger partial charge in [-0.05, 0) is 38.0 Å². The third-order valence-electron chi connectivity index (χ3n) is 3.78. The molecule has 0 saturated carbocycles. The van der Waals surface area contributed by atoms with Crippen LogP contribution in [0.25, 0.3) is 11.1 Å². The number of nitrogens with two attached hydrogens (primary N) is 1. The normalized spacial score (nSPS) is 20.6. The van der Waals surface area contributed by atoms with Gasteiger partial charge in [-0.25, -0.2) is 9.78 Å². The molecule has 4 N–H and O–H groups in total. The van der Waals surface area contributed by atoms with Crippen LogP contribution < -0.4 is 16.4 Å². The highest BCUT2D eigenvalue weighted by atomic mass is 16.5. The summed E-state index contributed by atoms with van der Waals surface area (Å²) in [5.41, 5.74) is 6.23. The molecule has 1 saturated heterocycles. The summed E-state index contributed by atoms with van der Waals surface area (Å²) in [6.45, 7) is 3.15. The number of rotatable bonds is 4. The lowest BCUT2D eigenvalue weighted by molar-refractivity contribution is 0.0232. The number of amides is 3. The Bertz CT molecular complexity index is 749. The van der Waals surface area contributed by atoms with Gasteiger partial charge in [-0.15, -0.1) is 0 Å². The van der Waals surface area contributed by atoms with Crippen molar-refractivity contribution in [2.75, 3.05) is 18.5 Å². The molecule has 1 aromatic heterocycles. The highest BCUT2D eigenvalue weighted by Crippen LogP contribution is 2.24. The lowest BCUT2D eigenvalue weighted by atomic mass is 10.0. The van der Waals surface area contributed by atoms with Gasteiger partial charge in [0.05, 0.1) is 5.60 Å². The van der Waals surface area contributed by atoms with Crippen LogP contribution in [-0.4, -0.2) is 35.7 Å². The number of nitrogens with one attached hydrogen (secondary N) is 2. The molecule has 1 unspecified atom stereocenters. The number of fused-ring (bicyclic) bond motifs is 1. The van der Waals surface area contributed by atoms with E-state index in [9.17, 15) is 9.59 Å². The first-order chi connectivity index (χ1) is 11.0. The number of hydrogen-bond donors (Lipinski definition) is 3. The average molecular weight is 318 g/mol. The van der Waals surface area contributed by atoms with Crippen molar-refractivity contribution in [3.8, 4) is 0 Å². The Labute approximate surface area is 132 Å². The van der Waals surface area contributed by atoms with E-state index in [-0.39, 0.29) is 17.5 Å². The molecule has 0 spiro atoms. The van der Waals surface area contributed by atoms with Crippen LogP contribution in [0.2, 0.25) is 0 Å². The number of ether oxygens (including phenoxy) is 1. The van der Waals surface area contributed by atoms with Crippen LogP contribution in [0.3, 0.4) is 0 Å². The molecule has 2 heterocycles. The standard InChI is InChI=1S/C15H18N4O4/c1-15(5-2-6-22-15)8-17-14(21)18-9-3-4-11-10(7-9)19-13(23-11)12(16)20/h3-4,7H,2,5-6,8H2,1H3,(H2,16,20)(H2,17,18,21). The molecule has 3 rings (SSSR count). The number of carbonyl (C=O) groups is 2. The van der Waals surface area contributed by atoms with E-state index in [1.54, 1.807) is 18.2 Å². The average Bonchev–Trinajstić information content (AvgIpc) is 3.12. The number of primary amides is 1. The van der Waals surface area contributed by atoms with Crippen molar-refractivity contribution in [1.29, 1.82) is 0 Å². The van der Waals surface area contributed by atoms with Crippen LogP contribution in [0.5, 0.6) is 0 Å². The lowest BCUT2D eigenvalue weighted by Crippen LogP contribution is -2.41. The number of hydrogen-bond acceptors (Lipinski definition) is 5. The van der Waals surface area contributed by atoms with E-state index < -0.39 is 5.91 Å². The quantitative estimate of drug-likeness (QED) is 0.791. The number of benzene rings is 1. The summed E-state index contributed by atoms with van der Waals surface area (Å²) in [6.07, 6.45) is 1.93. The van der Waals surface area contributed by atoms with E-state index in [4.69, 9.17) is 14.9 Å². The molecule has 1 aromatic carbocycles. The molecule has 8 heteroatoms. The maximum Gasteiger partial charge on any atom is 0.319 e. The third-order valence-corrected chi connectivity index (χ3v) is 3.78. The minimum Gasteiger partial charge on any atom is -0.432 e. The molecule has 1 fully saturated rings. The van der Waals surface area contributed by atoms with Gasteiger partial charge >= 0.3 is 11.9 Å². The summed E-state index contributed by atoms with van der Waals surface area (Å²) in [7, 11) is 0. The molecule has 0 bridgehead atoms. The summed E-state index contributed by atoms with van der Waals surface area (Å²) in [5.74, 6) is -0.897. The fraction of sp³-hybridized carbons (Fsp3) is 0.400. The maximum absolute atomic E-state index is 12.0. The van der Waals surface area contributed by atoms with E-state index in [0.717, 1.165) is 19.4 Å². The third kappa shape index (κ3) is 3.42. The summed E-state index contributed by atoms with van der Waals surface area (Å²) < 4.78 is 10.8. The van der Waals surface area contributed by atoms with E-state index in [2.05, 4.69) is 15.6 Å². The van der Waals surface area contributed by atoms with E-state index in [1.165, 1.54) is 0 Å². The van der Waals surface area contributed by atoms with Crippen LogP contribution >= 0.6 is 0 Å². The zero-order valence-corrected chi connectivity index (χ0v) is 12.7. The zero-order valence-electron chi connectivity index (χ0n) is 12.7. The van der Waals surface area contributed by atoms with Gasteiger partial charge in [0.1, 0.15) is 5.52 Å². The van der Waals surface area contributed by atoms with Gasteiger partial charge in [0.25, 0.3) is 5.89 Å². The van der Waals surface area contributed by atoms with Gasteiger partial charge < -0.3 is 25.5 Å². The van der Waals surface area contributed by atoms with Crippen molar-refractivity contribution < 1.29 is 18.7 Å². The number of aromatic nitrogens is 1. The molecule has 1 atom stereocenters. The fourth-order valence-corrected chi connectivity index (χ4v) is 2.53. The Hall–Kier alpha value is -2.61. The molecule has 1 aliphatic heterocycles.